The Morgan fingerprint density at radius 3 is 2.68 bits per heavy atom. The van der Waals surface area contributed by atoms with Gasteiger partial charge in [0.25, 0.3) is 5.91 Å². The highest BCUT2D eigenvalue weighted by Gasteiger charge is 2.35. The number of aromatic nitrogens is 1. The van der Waals surface area contributed by atoms with Crippen molar-refractivity contribution in [1.82, 2.24) is 14.6 Å². The first-order chi connectivity index (χ1) is 12.3. The quantitative estimate of drug-likeness (QED) is 0.919. The molecule has 0 unspecified atom stereocenters. The van der Waals surface area contributed by atoms with Gasteiger partial charge in [0.15, 0.2) is 0 Å². The maximum absolute atomic E-state index is 12.8. The van der Waals surface area contributed by atoms with Gasteiger partial charge in [-0.2, -0.15) is 4.37 Å². The lowest BCUT2D eigenvalue weighted by atomic mass is 9.84. The Morgan fingerprint density at radius 2 is 1.96 bits per heavy atom. The van der Waals surface area contributed by atoms with Crippen LogP contribution >= 0.6 is 11.5 Å². The predicted molar refractivity (Wildman–Crippen MR) is 101 cm³/mol. The lowest BCUT2D eigenvalue weighted by molar-refractivity contribution is 0.0619. The molecule has 1 aromatic heterocycles. The van der Waals surface area contributed by atoms with Crippen LogP contribution in [0.5, 0.6) is 0 Å². The van der Waals surface area contributed by atoms with Crippen LogP contribution in [0.1, 0.15) is 36.2 Å². The number of amides is 1. The van der Waals surface area contributed by atoms with Gasteiger partial charge in [-0.05, 0) is 74.4 Å². The second-order valence-corrected chi connectivity index (χ2v) is 8.43. The average Bonchev–Trinajstić information content (AvgIpc) is 3.32. The smallest absolute Gasteiger partial charge is 0.271 e. The van der Waals surface area contributed by atoms with E-state index in [-0.39, 0.29) is 11.9 Å². The summed E-state index contributed by atoms with van der Waals surface area (Å²) in [6, 6.07) is 6.71. The molecule has 5 heterocycles. The molecule has 25 heavy (non-hydrogen) atoms. The molecule has 4 aliphatic heterocycles. The molecule has 0 radical (unpaired) electrons. The van der Waals surface area contributed by atoms with Crippen molar-refractivity contribution in [1.29, 1.82) is 0 Å². The Morgan fingerprint density at radius 1 is 1.16 bits per heavy atom. The van der Waals surface area contributed by atoms with Gasteiger partial charge in [-0.25, -0.2) is 0 Å². The molecule has 6 rings (SSSR count). The molecule has 1 amide bonds. The number of hydrogen-bond acceptors (Lipinski definition) is 5. The predicted octanol–water partition coefficient (Wildman–Crippen LogP) is 2.72. The molecule has 0 saturated carbocycles. The Balaban J connectivity index is 1.36. The molecule has 2 aromatic rings. The monoisotopic (exact) mass is 356 g/mol. The van der Waals surface area contributed by atoms with Crippen molar-refractivity contribution in [3.8, 4) is 0 Å². The molecule has 132 valence electrons. The number of benzene rings is 1. The number of nitrogens with one attached hydrogen (secondary N) is 1. The van der Waals surface area contributed by atoms with E-state index in [1.165, 1.54) is 56.0 Å². The Kier molecular flexibility index (Phi) is 3.90. The van der Waals surface area contributed by atoms with Gasteiger partial charge in [0, 0.05) is 36.7 Å². The number of fused-ring (bicyclic) bond motifs is 4. The minimum Gasteiger partial charge on any atom is -0.371 e. The lowest BCUT2D eigenvalue weighted by Crippen LogP contribution is -2.57. The average molecular weight is 356 g/mol. The second kappa shape index (κ2) is 6.25. The minimum atomic E-state index is -0.000998. The third-order valence-electron chi connectivity index (χ3n) is 6.11. The third-order valence-corrected chi connectivity index (χ3v) is 6.92. The van der Waals surface area contributed by atoms with Crippen LogP contribution in [0.15, 0.2) is 18.2 Å². The first-order valence-corrected chi connectivity index (χ1v) is 10.2. The fraction of sp³-hybridized carbons (Fsp3) is 0.579. The van der Waals surface area contributed by atoms with E-state index in [1.807, 2.05) is 0 Å². The SMILES string of the molecule is O=C(N[C@@H]1CN2CCC1CC2)c1nsc2cc(N3CCCC3)ccc12. The van der Waals surface area contributed by atoms with Crippen molar-refractivity contribution in [2.45, 2.75) is 31.7 Å². The van der Waals surface area contributed by atoms with Crippen LogP contribution in [0.4, 0.5) is 5.69 Å². The summed E-state index contributed by atoms with van der Waals surface area (Å²) in [5.74, 6) is 0.638. The number of carbonyl (C=O) groups is 1. The molecule has 4 saturated heterocycles. The van der Waals surface area contributed by atoms with Gasteiger partial charge >= 0.3 is 0 Å². The minimum absolute atomic E-state index is 0.000998. The highest BCUT2D eigenvalue weighted by atomic mass is 32.1. The van der Waals surface area contributed by atoms with Crippen LogP contribution in [0, 0.1) is 5.92 Å². The molecule has 6 heteroatoms. The molecule has 4 aliphatic rings. The number of rotatable bonds is 3. The molecule has 1 N–H and O–H groups in total. The van der Waals surface area contributed by atoms with Crippen LogP contribution in [0.3, 0.4) is 0 Å². The maximum atomic E-state index is 12.8. The zero-order valence-electron chi connectivity index (χ0n) is 14.4. The summed E-state index contributed by atoms with van der Waals surface area (Å²) in [6.07, 6.45) is 4.96. The fourth-order valence-corrected chi connectivity index (χ4v) is 5.43. The number of carbonyl (C=O) groups excluding carboxylic acids is 1. The number of piperidine rings is 3. The molecule has 5 nitrogen and oxygen atoms in total. The molecule has 1 atom stereocenters. The van der Waals surface area contributed by atoms with E-state index in [4.69, 9.17) is 0 Å². The zero-order valence-corrected chi connectivity index (χ0v) is 15.2. The van der Waals surface area contributed by atoms with Crippen molar-refractivity contribution in [3.05, 3.63) is 23.9 Å². The summed E-state index contributed by atoms with van der Waals surface area (Å²) < 4.78 is 5.60. The lowest BCUT2D eigenvalue weighted by Gasteiger charge is -2.44. The topological polar surface area (TPSA) is 48.5 Å². The summed E-state index contributed by atoms with van der Waals surface area (Å²) in [5, 5.41) is 4.26. The Labute approximate surface area is 152 Å². The fourth-order valence-electron chi connectivity index (χ4n) is 4.63. The van der Waals surface area contributed by atoms with Crippen LogP contribution < -0.4 is 10.2 Å². The summed E-state index contributed by atoms with van der Waals surface area (Å²) in [7, 11) is 0. The Hall–Kier alpha value is -1.66. The summed E-state index contributed by atoms with van der Waals surface area (Å²) in [6.45, 7) is 5.65. The zero-order chi connectivity index (χ0) is 16.8. The van der Waals surface area contributed by atoms with E-state index in [2.05, 4.69) is 37.7 Å². The standard InChI is InChI=1S/C19H24N4OS/c24-19(20-16-12-22-9-5-13(16)6-10-22)18-15-4-3-14(11-17(15)25-21-18)23-7-1-2-8-23/h3-4,11,13,16H,1-2,5-10,12H2,(H,20,24)/t16-/m1/s1. The number of hydrogen-bond donors (Lipinski definition) is 1. The number of anilines is 1. The van der Waals surface area contributed by atoms with E-state index in [1.54, 1.807) is 0 Å². The van der Waals surface area contributed by atoms with Gasteiger partial charge in [-0.3, -0.25) is 4.79 Å². The van der Waals surface area contributed by atoms with Gasteiger partial charge in [0.1, 0.15) is 5.69 Å². The third kappa shape index (κ3) is 2.81. The highest BCUT2D eigenvalue weighted by molar-refractivity contribution is 7.13. The number of nitrogens with zero attached hydrogens (tertiary/aromatic N) is 3. The van der Waals surface area contributed by atoms with Crippen LogP contribution in [-0.2, 0) is 0 Å². The first kappa shape index (κ1) is 15.6. The van der Waals surface area contributed by atoms with Gasteiger partial charge in [-0.1, -0.05) is 0 Å². The van der Waals surface area contributed by atoms with E-state index < -0.39 is 0 Å². The summed E-state index contributed by atoms with van der Waals surface area (Å²) in [5.41, 5.74) is 1.86. The van der Waals surface area contributed by atoms with E-state index in [0.29, 0.717) is 11.6 Å². The van der Waals surface area contributed by atoms with Gasteiger partial charge in [-0.15, -0.1) is 0 Å². The maximum Gasteiger partial charge on any atom is 0.271 e. The van der Waals surface area contributed by atoms with Crippen molar-refractivity contribution in [3.63, 3.8) is 0 Å². The molecule has 1 aromatic carbocycles. The second-order valence-electron chi connectivity index (χ2n) is 7.62. The normalized spacial score (nSPS) is 28.6. The highest BCUT2D eigenvalue weighted by Crippen LogP contribution is 2.31. The summed E-state index contributed by atoms with van der Waals surface area (Å²) in [4.78, 5) is 17.7. The van der Waals surface area contributed by atoms with Gasteiger partial charge in [0.2, 0.25) is 0 Å². The van der Waals surface area contributed by atoms with E-state index in [0.717, 1.165) is 29.7 Å². The van der Waals surface area contributed by atoms with Crippen molar-refractivity contribution in [2.75, 3.05) is 37.6 Å². The van der Waals surface area contributed by atoms with E-state index in [9.17, 15) is 4.79 Å². The van der Waals surface area contributed by atoms with Crippen molar-refractivity contribution < 1.29 is 4.79 Å². The molecule has 0 aliphatic carbocycles. The molecule has 0 spiro atoms. The Bertz CT molecular complexity index is 790. The van der Waals surface area contributed by atoms with Crippen LogP contribution in [0.2, 0.25) is 0 Å². The van der Waals surface area contributed by atoms with Gasteiger partial charge < -0.3 is 15.1 Å². The van der Waals surface area contributed by atoms with Crippen molar-refractivity contribution in [2.24, 2.45) is 5.92 Å². The molecule has 2 bridgehead atoms. The molecule has 4 fully saturated rings. The van der Waals surface area contributed by atoms with E-state index >= 15 is 0 Å². The van der Waals surface area contributed by atoms with Crippen LogP contribution in [0.25, 0.3) is 10.1 Å². The molecular weight excluding hydrogens is 332 g/mol. The first-order valence-electron chi connectivity index (χ1n) is 9.45. The summed E-state index contributed by atoms with van der Waals surface area (Å²) >= 11 is 1.44. The largest absolute Gasteiger partial charge is 0.371 e. The molecular formula is C19H24N4OS. The van der Waals surface area contributed by atoms with Crippen molar-refractivity contribution >= 4 is 33.2 Å². The van der Waals surface area contributed by atoms with Crippen LogP contribution in [-0.4, -0.2) is 53.9 Å². The van der Waals surface area contributed by atoms with Gasteiger partial charge in [0.05, 0.1) is 4.70 Å².